The Morgan fingerprint density at radius 3 is 2.00 bits per heavy atom. The monoisotopic (exact) mass is 347 g/mol. The second kappa shape index (κ2) is 5.19. The molecule has 0 N–H and O–H groups in total. The smallest absolute Gasteiger partial charge is 0.123 e. The predicted octanol–water partition coefficient (Wildman–Crippen LogP) is 4.81. The topological polar surface area (TPSA) is 35.5 Å². The van der Waals surface area contributed by atoms with Crippen LogP contribution < -0.4 is 5.30 Å². The van der Waals surface area contributed by atoms with Crippen molar-refractivity contribution >= 4 is 41.2 Å². The van der Waals surface area contributed by atoms with Gasteiger partial charge < -0.3 is 0 Å². The largest absolute Gasteiger partial charge is 0.588 e. The van der Waals surface area contributed by atoms with E-state index in [-0.39, 0.29) is 0 Å². The van der Waals surface area contributed by atoms with Gasteiger partial charge in [-0.3, -0.25) is 0 Å². The Morgan fingerprint density at radius 1 is 1.17 bits per heavy atom. The number of thiol groups is 1. The molecule has 2 unspecified atom stereocenters. The third-order valence-electron chi connectivity index (χ3n) is 1.70. The molecule has 0 spiro atoms. The molecule has 1 aromatic carbocycles. The van der Waals surface area contributed by atoms with Gasteiger partial charge in [-0.1, -0.05) is 22.5 Å². The van der Waals surface area contributed by atoms with Crippen LogP contribution in [-0.4, -0.2) is 0 Å². The lowest BCUT2D eigenvalue weighted by atomic mass is 10.4. The van der Waals surface area contributed by atoms with Gasteiger partial charge in [0, 0.05) is 5.30 Å². The Labute approximate surface area is 105 Å². The molecule has 1 aromatic rings. The molecule has 0 fully saturated rings. The summed E-state index contributed by atoms with van der Waals surface area (Å²) >= 11 is 3.08. The van der Waals surface area contributed by atoms with E-state index in [1.54, 1.807) is 0 Å². The lowest BCUT2D eigenvalue weighted by Crippen LogP contribution is -2.17. The predicted molar refractivity (Wildman–Crippen MR) is 64.7 cm³/mol. The van der Waals surface area contributed by atoms with Crippen LogP contribution in [0.5, 0.6) is 0 Å². The third kappa shape index (κ3) is 3.12. The van der Waals surface area contributed by atoms with E-state index in [1.807, 2.05) is 0 Å². The van der Waals surface area contributed by atoms with E-state index < -0.39 is 28.9 Å². The van der Waals surface area contributed by atoms with E-state index in [1.165, 1.54) is 6.07 Å². The third-order valence-corrected chi connectivity index (χ3v) is 9.20. The first-order chi connectivity index (χ1) is 8.09. The van der Waals surface area contributed by atoms with Gasteiger partial charge in [0.1, 0.15) is 12.2 Å². The molecule has 2 atom stereocenters. The average Bonchev–Trinajstić information content (AvgIpc) is 2.24. The zero-order chi connectivity index (χ0) is 14.1. The summed E-state index contributed by atoms with van der Waals surface area (Å²) in [6.45, 7) is -5.77. The minimum atomic E-state index is -8.39. The van der Waals surface area contributed by atoms with Crippen molar-refractivity contribution in [3.63, 3.8) is 0 Å². The van der Waals surface area contributed by atoms with Crippen molar-refractivity contribution in [2.24, 2.45) is 0 Å². The molecule has 0 aliphatic carbocycles. The van der Waals surface area contributed by atoms with Crippen LogP contribution in [0.25, 0.3) is 0 Å². The van der Waals surface area contributed by atoms with E-state index in [0.717, 1.165) is 24.3 Å². The number of benzene rings is 1. The highest BCUT2D eigenvalue weighted by Crippen LogP contribution is 2.71. The van der Waals surface area contributed by atoms with E-state index in [2.05, 4.69) is 21.3 Å². The molecule has 0 aliphatic heterocycles. The van der Waals surface area contributed by atoms with Crippen LogP contribution in [0.1, 0.15) is 0 Å². The second-order valence-corrected chi connectivity index (χ2v) is 11.0. The maximum absolute atomic E-state index is 12.9. The van der Waals surface area contributed by atoms with Crippen molar-refractivity contribution in [3.05, 3.63) is 30.3 Å². The van der Waals surface area contributed by atoms with Crippen molar-refractivity contribution in [1.82, 2.24) is 0 Å². The number of rotatable bonds is 4. The van der Waals surface area contributed by atoms with Gasteiger partial charge in [-0.2, -0.15) is 0 Å². The van der Waals surface area contributed by atoms with Gasteiger partial charge in [0.2, 0.25) is 0 Å². The Bertz CT molecular complexity index is 536. The fourth-order valence-electron chi connectivity index (χ4n) is 1.05. The van der Waals surface area contributed by atoms with E-state index in [0.29, 0.717) is 0 Å². The first-order valence-electron chi connectivity index (χ1n) is 4.02. The Morgan fingerprint density at radius 2 is 1.67 bits per heavy atom. The van der Waals surface area contributed by atoms with Crippen LogP contribution in [0, 0.1) is 0 Å². The maximum Gasteiger partial charge on any atom is 0.588 e. The summed E-state index contributed by atoms with van der Waals surface area (Å²) < 4.78 is 81.6. The molecule has 0 saturated heterocycles. The van der Waals surface area contributed by atoms with Gasteiger partial charge in [-0.05, 0) is 21.2 Å². The van der Waals surface area contributed by atoms with Crippen LogP contribution >= 0.6 is 26.0 Å². The summed E-state index contributed by atoms with van der Waals surface area (Å²) in [5.41, 5.74) is 0. The summed E-state index contributed by atoms with van der Waals surface area (Å²) in [5.74, 6) is 0. The lowest BCUT2D eigenvalue weighted by Gasteiger charge is -2.23. The van der Waals surface area contributed by atoms with Gasteiger partial charge >= 0.3 is 23.6 Å². The molecule has 0 aromatic heterocycles. The van der Waals surface area contributed by atoms with E-state index >= 15 is 0 Å². The van der Waals surface area contributed by atoms with E-state index in [9.17, 15) is 24.6 Å². The van der Waals surface area contributed by atoms with Crippen LogP contribution in [0.2, 0.25) is 0 Å². The van der Waals surface area contributed by atoms with Crippen molar-refractivity contribution in [2.75, 3.05) is 0 Å². The fraction of sp³-hybridized carbons (Fsp3) is 0. The zero-order valence-electron chi connectivity index (χ0n) is 8.25. The molecule has 0 radical (unpaired) electrons. The molecule has 0 saturated carbocycles. The van der Waals surface area contributed by atoms with Crippen molar-refractivity contribution in [2.45, 2.75) is 0 Å². The van der Waals surface area contributed by atoms with Gasteiger partial charge in [-0.15, -0.1) is 20.3 Å². The molecule has 0 bridgehead atoms. The van der Waals surface area contributed by atoms with Crippen molar-refractivity contribution in [1.29, 1.82) is 0 Å². The molecule has 0 aliphatic rings. The first kappa shape index (κ1) is 16.1. The number of hydrogen-bond acceptors (Lipinski definition) is 3. The molecule has 0 amide bonds. The Kier molecular flexibility index (Phi) is 4.63. The maximum atomic E-state index is 12.9. The quantitative estimate of drug-likeness (QED) is 0.482. The molecule has 0 heterocycles. The Hall–Kier alpha value is 0.0200. The van der Waals surface area contributed by atoms with Crippen molar-refractivity contribution < 1.29 is 33.7 Å². The van der Waals surface area contributed by atoms with E-state index in [4.69, 9.17) is 0 Å². The van der Waals surface area contributed by atoms with Gasteiger partial charge in [-0.25, -0.2) is 0 Å². The minimum Gasteiger partial charge on any atom is -0.123 e. The van der Waals surface area contributed by atoms with Crippen LogP contribution in [0.4, 0.5) is 20.1 Å². The minimum absolute atomic E-state index is 0.772. The molecular formula is C6H6F5O3P2S2+. The molecule has 12 heteroatoms. The molecule has 3 nitrogen and oxygen atoms in total. The van der Waals surface area contributed by atoms with Gasteiger partial charge in [0.25, 0.3) is 0 Å². The molecule has 18 heavy (non-hydrogen) atoms. The van der Waals surface area contributed by atoms with Crippen LogP contribution in [0.15, 0.2) is 30.3 Å². The molecule has 1 rings (SSSR count). The molecular weight excluding hydrogens is 341 g/mol. The number of hydrogen-bond donors (Lipinski definition) is 1. The fourth-order valence-corrected chi connectivity index (χ4v) is 8.09. The zero-order valence-corrected chi connectivity index (χ0v) is 11.8. The summed E-state index contributed by atoms with van der Waals surface area (Å²) in [7, 11) is -11.6. The van der Waals surface area contributed by atoms with Crippen molar-refractivity contribution in [3.8, 4) is 0 Å². The number of halogens is 5. The SMILES string of the molecule is O=[P+](S)OP(OF)(c1ccccc1)=S(F)(F)(F)F. The second-order valence-electron chi connectivity index (χ2n) is 2.85. The summed E-state index contributed by atoms with van der Waals surface area (Å²) in [5, 5.41) is -0.901. The first-order valence-corrected chi connectivity index (χ1v) is 10.2. The highest BCUT2D eigenvalue weighted by molar-refractivity contribution is 8.46. The van der Waals surface area contributed by atoms with Crippen LogP contribution in [-0.2, 0) is 23.5 Å². The highest BCUT2D eigenvalue weighted by atomic mass is 32.7. The average molecular weight is 347 g/mol. The summed E-state index contributed by atoms with van der Waals surface area (Å²) in [6.07, 6.45) is 0. The van der Waals surface area contributed by atoms with Gasteiger partial charge in [0.15, 0.2) is 0 Å². The molecule has 104 valence electrons. The lowest BCUT2D eigenvalue weighted by molar-refractivity contribution is -0.000796. The normalized spacial score (nSPS) is 18.6. The van der Waals surface area contributed by atoms with Crippen LogP contribution in [0.3, 0.4) is 0 Å². The van der Waals surface area contributed by atoms with Gasteiger partial charge in [0.05, 0.1) is 0 Å². The Balaban J connectivity index is 3.77. The summed E-state index contributed by atoms with van der Waals surface area (Å²) in [4.78, 5) is 0. The standard InChI is InChI=1S/C6H5F5O3P2S2/c7-13-16(14-15(12)17,18(8,9,10)11)6-4-2-1-3-5-6/h1-5H/p+1. The highest BCUT2D eigenvalue weighted by Gasteiger charge is 2.56. The summed E-state index contributed by atoms with van der Waals surface area (Å²) in [6, 6.07) is 5.09.